The minimum Gasteiger partial charge on any atom is -0.463 e. The molecule has 3 aromatic carbocycles. The Labute approximate surface area is 358 Å². The largest absolute Gasteiger partial charge is 0.463 e. The highest BCUT2D eigenvalue weighted by Crippen LogP contribution is 2.33. The second-order valence-electron chi connectivity index (χ2n) is 13.6. The molecule has 20 heteroatoms. The van der Waals surface area contributed by atoms with Crippen molar-refractivity contribution in [3.63, 3.8) is 0 Å². The van der Waals surface area contributed by atoms with Crippen LogP contribution in [0.2, 0.25) is 0 Å². The molecular weight excluding hydrogens is 850 g/mol. The minimum atomic E-state index is -4.47. The van der Waals surface area contributed by atoms with Crippen molar-refractivity contribution in [3.05, 3.63) is 83.4 Å². The molecule has 1 aliphatic rings. The number of alkyl halides is 3. The van der Waals surface area contributed by atoms with E-state index in [1.54, 1.807) is 11.0 Å². The van der Waals surface area contributed by atoms with E-state index in [1.807, 2.05) is 49.4 Å². The van der Waals surface area contributed by atoms with Gasteiger partial charge in [-0.05, 0) is 47.7 Å². The van der Waals surface area contributed by atoms with Gasteiger partial charge in [-0.15, -0.1) is 0 Å². The molecule has 4 rings (SSSR count). The lowest BCUT2D eigenvalue weighted by Gasteiger charge is -2.43. The molecule has 1 heterocycles. The Kier molecular flexibility index (Phi) is 18.4. The van der Waals surface area contributed by atoms with Crippen LogP contribution in [0.25, 0.3) is 10.8 Å². The lowest BCUT2D eigenvalue weighted by Crippen LogP contribution is -2.63. The third-order valence-electron chi connectivity index (χ3n) is 9.03. The van der Waals surface area contributed by atoms with Crippen LogP contribution in [0.3, 0.4) is 0 Å². The van der Waals surface area contributed by atoms with Gasteiger partial charge in [0.15, 0.2) is 12.2 Å². The fourth-order valence-electron chi connectivity index (χ4n) is 6.46. The molecule has 3 aromatic rings. The number of ether oxygens (including phenoxy) is 7. The molecule has 0 saturated carbocycles. The summed E-state index contributed by atoms with van der Waals surface area (Å²) < 4.78 is 77.7. The topological polar surface area (TPSA) is 182 Å². The Morgan fingerprint density at radius 3 is 2.13 bits per heavy atom. The average Bonchev–Trinajstić information content (AvgIpc) is 3.19. The SMILES string of the molecule is CC(=O)OC[C@H]1O[C@@H](OC(=O)NCCSSCOC(=O)N(CCCc2cccc(C(F)(F)F)c2)[C@H](C)c2cccc3ccccc23)[C@H](OC(C)=O)[C@@H](OC(C)=O)[C@@H]1OC(C)=O. The Hall–Kier alpha value is -5.21. The van der Waals surface area contributed by atoms with Crippen molar-refractivity contribution in [3.8, 4) is 0 Å². The van der Waals surface area contributed by atoms with Crippen LogP contribution in [0, 0.1) is 0 Å². The molecule has 1 saturated heterocycles. The molecule has 0 aromatic heterocycles. The third kappa shape index (κ3) is 15.0. The molecule has 0 bridgehead atoms. The fraction of sp³-hybridized carbons (Fsp3) is 0.463. The number of hydrogen-bond acceptors (Lipinski definition) is 15. The smallest absolute Gasteiger partial charge is 0.416 e. The van der Waals surface area contributed by atoms with Gasteiger partial charge in [-0.2, -0.15) is 13.2 Å². The molecule has 6 atom stereocenters. The molecule has 15 nitrogen and oxygen atoms in total. The standard InChI is InChI=1S/C41H47F3N2O13S2/c1-24(32-17-9-14-30-13-6-7-16-33(30)32)46(19-10-12-29-11-8-15-31(21-29)41(42,43)44)40(52)54-23-61-60-20-18-45-39(51)59-38-37(57-28(5)50)36(56-27(4)49)35(55-26(3)48)34(58-38)22-53-25(2)47/h6-9,11,13-17,21,24,34-38H,10,12,18-20,22-23H2,1-5H3,(H,45,51)/t24-,34-,35-,36+,37-,38+/m1/s1. The maximum Gasteiger partial charge on any atom is 0.416 e. The van der Waals surface area contributed by atoms with E-state index in [0.717, 1.165) is 56.2 Å². The molecule has 2 amide bonds. The summed E-state index contributed by atoms with van der Waals surface area (Å²) in [4.78, 5) is 75.6. The molecule has 0 aliphatic carbocycles. The summed E-state index contributed by atoms with van der Waals surface area (Å²) in [5.74, 6) is -3.03. The number of carbonyl (C=O) groups excluding carboxylic acids is 6. The number of carbonyl (C=O) groups is 6. The predicted octanol–water partition coefficient (Wildman–Crippen LogP) is 7.14. The monoisotopic (exact) mass is 896 g/mol. The molecule has 0 radical (unpaired) electrons. The Bertz CT molecular complexity index is 2000. The number of hydrogen-bond donors (Lipinski definition) is 1. The van der Waals surface area contributed by atoms with Crippen molar-refractivity contribution >= 4 is 68.4 Å². The summed E-state index contributed by atoms with van der Waals surface area (Å²) in [5, 5.41) is 4.43. The van der Waals surface area contributed by atoms with Gasteiger partial charge in [0.05, 0.1) is 11.6 Å². The third-order valence-corrected chi connectivity index (χ3v) is 11.1. The van der Waals surface area contributed by atoms with Crippen molar-refractivity contribution in [1.29, 1.82) is 0 Å². The number of alkyl carbamates (subject to hydrolysis) is 1. The first-order valence-electron chi connectivity index (χ1n) is 19.0. The predicted molar refractivity (Wildman–Crippen MR) is 217 cm³/mol. The van der Waals surface area contributed by atoms with Gasteiger partial charge >= 0.3 is 42.2 Å². The molecule has 1 fully saturated rings. The number of benzene rings is 3. The second-order valence-corrected chi connectivity index (χ2v) is 16.1. The first kappa shape index (κ1) is 48.5. The van der Waals surface area contributed by atoms with Crippen molar-refractivity contribution in [2.24, 2.45) is 0 Å². The first-order valence-corrected chi connectivity index (χ1v) is 21.5. The Morgan fingerprint density at radius 1 is 0.787 bits per heavy atom. The number of fused-ring (bicyclic) bond motifs is 1. The molecule has 0 unspecified atom stereocenters. The lowest BCUT2D eigenvalue weighted by molar-refractivity contribution is -0.294. The second kappa shape index (κ2) is 23.1. The van der Waals surface area contributed by atoms with Crippen LogP contribution in [0.15, 0.2) is 66.7 Å². The summed E-state index contributed by atoms with van der Waals surface area (Å²) in [7, 11) is 2.44. The average molecular weight is 897 g/mol. The van der Waals surface area contributed by atoms with Crippen molar-refractivity contribution in [2.45, 2.75) is 90.4 Å². The van der Waals surface area contributed by atoms with E-state index in [0.29, 0.717) is 24.2 Å². The van der Waals surface area contributed by atoms with Crippen molar-refractivity contribution < 1.29 is 75.1 Å². The van der Waals surface area contributed by atoms with Crippen LogP contribution in [-0.2, 0) is 64.9 Å². The maximum atomic E-state index is 13.6. The maximum absolute atomic E-state index is 13.6. The molecule has 1 aliphatic heterocycles. The quantitative estimate of drug-likeness (QED) is 0.0447. The summed E-state index contributed by atoms with van der Waals surface area (Å²) in [6.07, 6.45) is -13.0. The van der Waals surface area contributed by atoms with Gasteiger partial charge in [-0.25, -0.2) is 9.59 Å². The zero-order valence-electron chi connectivity index (χ0n) is 34.0. The summed E-state index contributed by atoms with van der Waals surface area (Å²) in [6, 6.07) is 18.1. The number of nitrogens with one attached hydrogen (secondary N) is 1. The van der Waals surface area contributed by atoms with Gasteiger partial charge in [0.25, 0.3) is 0 Å². The van der Waals surface area contributed by atoms with Crippen LogP contribution >= 0.6 is 21.6 Å². The molecular formula is C41H47F3N2O13S2. The van der Waals surface area contributed by atoms with E-state index in [-0.39, 0.29) is 19.0 Å². The van der Waals surface area contributed by atoms with Crippen LogP contribution in [0.1, 0.15) is 63.8 Å². The minimum absolute atomic E-state index is 0.0372. The molecule has 332 valence electrons. The Morgan fingerprint density at radius 2 is 1.44 bits per heavy atom. The van der Waals surface area contributed by atoms with Gasteiger partial charge in [0, 0.05) is 46.5 Å². The van der Waals surface area contributed by atoms with Gasteiger partial charge in [0.2, 0.25) is 12.4 Å². The molecule has 0 spiro atoms. The normalized spacial score (nSPS) is 19.2. The van der Waals surface area contributed by atoms with E-state index in [1.165, 1.54) is 27.7 Å². The lowest BCUT2D eigenvalue weighted by atomic mass is 9.98. The Balaban J connectivity index is 1.33. The van der Waals surface area contributed by atoms with Crippen LogP contribution in [0.5, 0.6) is 0 Å². The number of esters is 4. The molecule has 1 N–H and O–H groups in total. The number of amides is 2. The van der Waals surface area contributed by atoms with Crippen LogP contribution in [0.4, 0.5) is 22.8 Å². The van der Waals surface area contributed by atoms with E-state index < -0.39 is 91.2 Å². The van der Waals surface area contributed by atoms with Gasteiger partial charge in [0.1, 0.15) is 18.6 Å². The zero-order valence-corrected chi connectivity index (χ0v) is 35.6. The highest BCUT2D eigenvalue weighted by molar-refractivity contribution is 8.76. The first-order chi connectivity index (χ1) is 28.9. The van der Waals surface area contributed by atoms with Crippen LogP contribution in [-0.4, -0.2) is 103 Å². The summed E-state index contributed by atoms with van der Waals surface area (Å²) >= 11 is 0. The van der Waals surface area contributed by atoms with Gasteiger partial charge < -0.3 is 43.4 Å². The number of aryl methyl sites for hydroxylation is 1. The highest BCUT2D eigenvalue weighted by atomic mass is 33.1. The van der Waals surface area contributed by atoms with E-state index in [4.69, 9.17) is 33.2 Å². The highest BCUT2D eigenvalue weighted by Gasteiger charge is 2.54. The number of nitrogens with zero attached hydrogens (tertiary/aromatic N) is 1. The van der Waals surface area contributed by atoms with Crippen molar-refractivity contribution in [1.82, 2.24) is 10.2 Å². The summed E-state index contributed by atoms with van der Waals surface area (Å²) in [6.45, 7) is 5.90. The zero-order chi connectivity index (χ0) is 44.7. The van der Waals surface area contributed by atoms with Gasteiger partial charge in [-0.1, -0.05) is 82.3 Å². The van der Waals surface area contributed by atoms with Crippen molar-refractivity contribution in [2.75, 3.05) is 31.4 Å². The van der Waals surface area contributed by atoms with E-state index in [2.05, 4.69) is 5.32 Å². The number of halogens is 3. The van der Waals surface area contributed by atoms with E-state index in [9.17, 15) is 41.9 Å². The van der Waals surface area contributed by atoms with E-state index >= 15 is 0 Å². The number of rotatable bonds is 18. The molecule has 61 heavy (non-hydrogen) atoms. The van der Waals surface area contributed by atoms with Crippen LogP contribution < -0.4 is 5.32 Å². The fourth-order valence-corrected chi connectivity index (χ4v) is 7.93. The summed E-state index contributed by atoms with van der Waals surface area (Å²) in [5.41, 5.74) is 0.621. The van der Waals surface area contributed by atoms with Gasteiger partial charge in [-0.3, -0.25) is 19.2 Å².